The van der Waals surface area contributed by atoms with Gasteiger partial charge in [-0.15, -0.1) is 0 Å². The first-order valence-corrected chi connectivity index (χ1v) is 7.20. The van der Waals surface area contributed by atoms with Crippen LogP contribution < -0.4 is 10.1 Å². The average Bonchev–Trinajstić information content (AvgIpc) is 2.40. The van der Waals surface area contributed by atoms with Gasteiger partial charge in [0, 0.05) is 12.6 Å². The van der Waals surface area contributed by atoms with Gasteiger partial charge in [0.1, 0.15) is 12.4 Å². The van der Waals surface area contributed by atoms with Crippen molar-refractivity contribution in [2.75, 3.05) is 13.2 Å². The van der Waals surface area contributed by atoms with Crippen molar-refractivity contribution in [1.29, 1.82) is 0 Å². The average molecular weight is 247 g/mol. The molecule has 0 aromatic heterocycles. The Morgan fingerprint density at radius 2 is 1.94 bits per heavy atom. The van der Waals surface area contributed by atoms with E-state index in [4.69, 9.17) is 4.74 Å². The maximum absolute atomic E-state index is 5.85. The summed E-state index contributed by atoms with van der Waals surface area (Å²) in [6.45, 7) is 5.97. The van der Waals surface area contributed by atoms with Crippen molar-refractivity contribution in [2.45, 2.75) is 52.0 Å². The van der Waals surface area contributed by atoms with Crippen LogP contribution >= 0.6 is 0 Å². The van der Waals surface area contributed by atoms with Crippen LogP contribution in [0, 0.1) is 13.8 Å². The van der Waals surface area contributed by atoms with E-state index in [2.05, 4.69) is 37.4 Å². The van der Waals surface area contributed by atoms with Gasteiger partial charge in [0.05, 0.1) is 0 Å². The fraction of sp³-hybridized carbons (Fsp3) is 0.625. The highest BCUT2D eigenvalue weighted by Gasteiger charge is 2.11. The summed E-state index contributed by atoms with van der Waals surface area (Å²) in [5.41, 5.74) is 2.56. The van der Waals surface area contributed by atoms with Gasteiger partial charge in [-0.2, -0.15) is 0 Å². The molecule has 0 heterocycles. The summed E-state index contributed by atoms with van der Waals surface area (Å²) in [7, 11) is 0. The van der Waals surface area contributed by atoms with E-state index in [1.54, 1.807) is 0 Å². The molecule has 100 valence electrons. The van der Waals surface area contributed by atoms with Crippen LogP contribution in [-0.2, 0) is 0 Å². The van der Waals surface area contributed by atoms with Crippen LogP contribution in [0.3, 0.4) is 0 Å². The molecule has 18 heavy (non-hydrogen) atoms. The van der Waals surface area contributed by atoms with Crippen LogP contribution in [0.15, 0.2) is 18.2 Å². The van der Waals surface area contributed by atoms with Gasteiger partial charge < -0.3 is 10.1 Å². The number of nitrogens with one attached hydrogen (secondary N) is 1. The van der Waals surface area contributed by atoms with Gasteiger partial charge in [0.15, 0.2) is 0 Å². The number of rotatable bonds is 5. The molecule has 0 radical (unpaired) electrons. The maximum atomic E-state index is 5.85. The van der Waals surface area contributed by atoms with E-state index in [1.165, 1.54) is 43.2 Å². The Balaban J connectivity index is 1.70. The van der Waals surface area contributed by atoms with Crippen LogP contribution in [0.25, 0.3) is 0 Å². The second kappa shape index (κ2) is 6.79. The third-order valence-electron chi connectivity index (χ3n) is 3.95. The lowest BCUT2D eigenvalue weighted by molar-refractivity contribution is 0.288. The minimum absolute atomic E-state index is 0.723. The van der Waals surface area contributed by atoms with Crippen molar-refractivity contribution in [3.63, 3.8) is 0 Å². The first-order valence-electron chi connectivity index (χ1n) is 7.20. The molecule has 1 saturated carbocycles. The van der Waals surface area contributed by atoms with Crippen LogP contribution in [0.5, 0.6) is 5.75 Å². The molecule has 0 aliphatic heterocycles. The first-order chi connectivity index (χ1) is 8.77. The monoisotopic (exact) mass is 247 g/mol. The van der Waals surface area contributed by atoms with E-state index in [9.17, 15) is 0 Å². The molecule has 1 aliphatic carbocycles. The van der Waals surface area contributed by atoms with Crippen molar-refractivity contribution >= 4 is 0 Å². The molecule has 0 unspecified atom stereocenters. The molecule has 1 N–H and O–H groups in total. The summed E-state index contributed by atoms with van der Waals surface area (Å²) in [4.78, 5) is 0. The predicted octanol–water partition coefficient (Wildman–Crippen LogP) is 3.60. The summed E-state index contributed by atoms with van der Waals surface area (Å²) in [5.74, 6) is 1.03. The highest BCUT2D eigenvalue weighted by molar-refractivity contribution is 5.38. The molecular weight excluding hydrogens is 222 g/mol. The molecule has 1 aromatic carbocycles. The Kier molecular flexibility index (Phi) is 5.06. The predicted molar refractivity (Wildman–Crippen MR) is 76.3 cm³/mol. The quantitative estimate of drug-likeness (QED) is 0.803. The van der Waals surface area contributed by atoms with E-state index < -0.39 is 0 Å². The molecule has 2 rings (SSSR count). The molecule has 0 saturated heterocycles. The topological polar surface area (TPSA) is 21.3 Å². The molecule has 1 aromatic rings. The van der Waals surface area contributed by atoms with Crippen LogP contribution in [0.4, 0.5) is 0 Å². The number of hydrogen-bond acceptors (Lipinski definition) is 2. The lowest BCUT2D eigenvalue weighted by Crippen LogP contribution is -2.34. The van der Waals surface area contributed by atoms with Crippen molar-refractivity contribution in [2.24, 2.45) is 0 Å². The van der Waals surface area contributed by atoms with Gasteiger partial charge in [0.25, 0.3) is 0 Å². The molecule has 0 atom stereocenters. The molecule has 2 nitrogen and oxygen atoms in total. The van der Waals surface area contributed by atoms with Crippen molar-refractivity contribution < 1.29 is 4.74 Å². The van der Waals surface area contributed by atoms with Crippen molar-refractivity contribution in [3.8, 4) is 5.75 Å². The van der Waals surface area contributed by atoms with Gasteiger partial charge in [0.2, 0.25) is 0 Å². The zero-order chi connectivity index (χ0) is 12.8. The highest BCUT2D eigenvalue weighted by Crippen LogP contribution is 2.20. The summed E-state index contributed by atoms with van der Waals surface area (Å²) < 4.78 is 5.85. The number of hydrogen-bond donors (Lipinski definition) is 1. The lowest BCUT2D eigenvalue weighted by atomic mass is 9.96. The Bertz CT molecular complexity index is 369. The molecule has 0 amide bonds. The standard InChI is InChI=1S/C16H25NO/c1-13-7-6-10-16(14(13)2)18-12-11-17-15-8-4-3-5-9-15/h6-7,10,15,17H,3-5,8-9,11-12H2,1-2H3. The van der Waals surface area contributed by atoms with E-state index in [-0.39, 0.29) is 0 Å². The van der Waals surface area contributed by atoms with Gasteiger partial charge in [-0.25, -0.2) is 0 Å². The molecule has 1 aliphatic rings. The van der Waals surface area contributed by atoms with E-state index in [0.717, 1.165) is 24.9 Å². The SMILES string of the molecule is Cc1cccc(OCCNC2CCCCC2)c1C. The zero-order valence-corrected chi connectivity index (χ0v) is 11.7. The summed E-state index contributed by atoms with van der Waals surface area (Å²) in [5, 5.41) is 3.60. The third-order valence-corrected chi connectivity index (χ3v) is 3.95. The van der Waals surface area contributed by atoms with Crippen LogP contribution in [0.1, 0.15) is 43.2 Å². The van der Waals surface area contributed by atoms with Crippen LogP contribution in [-0.4, -0.2) is 19.2 Å². The van der Waals surface area contributed by atoms with Gasteiger partial charge in [-0.1, -0.05) is 31.4 Å². The molecule has 0 bridgehead atoms. The van der Waals surface area contributed by atoms with Crippen LogP contribution in [0.2, 0.25) is 0 Å². The Morgan fingerprint density at radius 3 is 2.72 bits per heavy atom. The highest BCUT2D eigenvalue weighted by atomic mass is 16.5. The molecule has 1 fully saturated rings. The van der Waals surface area contributed by atoms with Gasteiger partial charge in [-0.3, -0.25) is 0 Å². The number of ether oxygens (including phenoxy) is 1. The van der Waals surface area contributed by atoms with E-state index in [1.807, 2.05) is 0 Å². The zero-order valence-electron chi connectivity index (χ0n) is 11.7. The first kappa shape index (κ1) is 13.4. The van der Waals surface area contributed by atoms with Gasteiger partial charge >= 0.3 is 0 Å². The number of benzene rings is 1. The molecule has 2 heteroatoms. The smallest absolute Gasteiger partial charge is 0.122 e. The Labute approximate surface area is 111 Å². The summed E-state index contributed by atoms with van der Waals surface area (Å²) >= 11 is 0. The minimum Gasteiger partial charge on any atom is -0.492 e. The fourth-order valence-corrected chi connectivity index (χ4v) is 2.61. The third kappa shape index (κ3) is 3.74. The van der Waals surface area contributed by atoms with E-state index >= 15 is 0 Å². The van der Waals surface area contributed by atoms with Crippen molar-refractivity contribution in [3.05, 3.63) is 29.3 Å². The van der Waals surface area contributed by atoms with E-state index in [0.29, 0.717) is 0 Å². The minimum atomic E-state index is 0.723. The summed E-state index contributed by atoms with van der Waals surface area (Å²) in [6.07, 6.45) is 6.86. The summed E-state index contributed by atoms with van der Waals surface area (Å²) in [6, 6.07) is 6.97. The second-order valence-electron chi connectivity index (χ2n) is 5.34. The lowest BCUT2D eigenvalue weighted by Gasteiger charge is -2.23. The number of aryl methyl sites for hydroxylation is 1. The largest absolute Gasteiger partial charge is 0.492 e. The van der Waals surface area contributed by atoms with Gasteiger partial charge in [-0.05, 0) is 43.9 Å². The Hall–Kier alpha value is -1.02. The normalized spacial score (nSPS) is 16.8. The maximum Gasteiger partial charge on any atom is 0.122 e. The Morgan fingerprint density at radius 1 is 1.17 bits per heavy atom. The molecule has 0 spiro atoms. The van der Waals surface area contributed by atoms with Crippen molar-refractivity contribution in [1.82, 2.24) is 5.32 Å². The fourth-order valence-electron chi connectivity index (χ4n) is 2.61. The molecular formula is C16H25NO. The second-order valence-corrected chi connectivity index (χ2v) is 5.34.